The number of aromatic nitrogens is 1. The Bertz CT molecular complexity index is 1160. The van der Waals surface area contributed by atoms with Crippen LogP contribution in [0.3, 0.4) is 0 Å². The van der Waals surface area contributed by atoms with E-state index in [9.17, 15) is 14.7 Å². The van der Waals surface area contributed by atoms with Gasteiger partial charge in [0.05, 0.1) is 11.8 Å². The smallest absolute Gasteiger partial charge is 0.235 e. The van der Waals surface area contributed by atoms with Crippen LogP contribution in [0.5, 0.6) is 5.75 Å². The third-order valence-electron chi connectivity index (χ3n) is 4.49. The van der Waals surface area contributed by atoms with Gasteiger partial charge in [-0.2, -0.15) is 0 Å². The van der Waals surface area contributed by atoms with Crippen LogP contribution in [0.15, 0.2) is 94.5 Å². The molecule has 0 atom stereocenters. The predicted octanol–water partition coefficient (Wildman–Crippen LogP) is 4.09. The van der Waals surface area contributed by atoms with Crippen LogP contribution >= 0.6 is 0 Å². The molecule has 0 aliphatic heterocycles. The molecule has 0 spiro atoms. The number of furan rings is 1. The molecule has 0 amide bonds. The lowest BCUT2D eigenvalue weighted by molar-refractivity contribution is 0.103. The minimum atomic E-state index is -0.718. The van der Waals surface area contributed by atoms with Gasteiger partial charge in [-0.15, -0.1) is 0 Å². The van der Waals surface area contributed by atoms with E-state index in [4.69, 9.17) is 4.42 Å². The third kappa shape index (κ3) is 3.25. The summed E-state index contributed by atoms with van der Waals surface area (Å²) in [4.78, 5) is 25.7. The van der Waals surface area contributed by atoms with Crippen molar-refractivity contribution in [3.63, 3.8) is 0 Å². The van der Waals surface area contributed by atoms with Gasteiger partial charge >= 0.3 is 0 Å². The van der Waals surface area contributed by atoms with Crippen molar-refractivity contribution >= 4 is 5.78 Å². The lowest BCUT2D eigenvalue weighted by atomic mass is 10.0. The fourth-order valence-electron chi connectivity index (χ4n) is 3.13. The van der Waals surface area contributed by atoms with Crippen LogP contribution in [0.2, 0.25) is 0 Å². The van der Waals surface area contributed by atoms with Crippen molar-refractivity contribution in [2.24, 2.45) is 0 Å². The standard InChI is InChI=1S/C23H17NO4/c25-21(17-10-5-2-6-11-17)18-15-24(14-16-8-3-1-4-9-16)20(23(27)22(18)26)19-12-7-13-28-19/h1-13,15,27H,14H2. The molecule has 4 rings (SSSR count). The fraction of sp³-hybridized carbons (Fsp3) is 0.0435. The number of rotatable bonds is 5. The van der Waals surface area contributed by atoms with Crippen LogP contribution in [0.1, 0.15) is 21.5 Å². The van der Waals surface area contributed by atoms with E-state index in [0.717, 1.165) is 5.56 Å². The van der Waals surface area contributed by atoms with Gasteiger partial charge in [0.1, 0.15) is 5.69 Å². The first-order valence-electron chi connectivity index (χ1n) is 8.79. The van der Waals surface area contributed by atoms with Gasteiger partial charge in [0.25, 0.3) is 0 Å². The Morgan fingerprint density at radius 1 is 0.929 bits per heavy atom. The van der Waals surface area contributed by atoms with Gasteiger partial charge in [-0.3, -0.25) is 9.59 Å². The average molecular weight is 371 g/mol. The lowest BCUT2D eigenvalue weighted by Gasteiger charge is -2.15. The number of nitrogens with zero attached hydrogens (tertiary/aromatic N) is 1. The highest BCUT2D eigenvalue weighted by Crippen LogP contribution is 2.28. The van der Waals surface area contributed by atoms with Crippen molar-refractivity contribution in [1.29, 1.82) is 0 Å². The van der Waals surface area contributed by atoms with Gasteiger partial charge in [0, 0.05) is 18.3 Å². The van der Waals surface area contributed by atoms with E-state index in [2.05, 4.69) is 0 Å². The largest absolute Gasteiger partial charge is 0.503 e. The zero-order chi connectivity index (χ0) is 19.5. The van der Waals surface area contributed by atoms with Crippen molar-refractivity contribution in [1.82, 2.24) is 4.57 Å². The molecule has 28 heavy (non-hydrogen) atoms. The predicted molar refractivity (Wildman–Crippen MR) is 105 cm³/mol. The Hall–Kier alpha value is -3.86. The zero-order valence-corrected chi connectivity index (χ0v) is 14.9. The summed E-state index contributed by atoms with van der Waals surface area (Å²) >= 11 is 0. The molecule has 0 unspecified atom stereocenters. The summed E-state index contributed by atoms with van der Waals surface area (Å²) in [6.07, 6.45) is 2.96. The molecular formula is C23H17NO4. The molecule has 2 heterocycles. The molecule has 0 bridgehead atoms. The van der Waals surface area contributed by atoms with Crippen molar-refractivity contribution in [2.75, 3.05) is 0 Å². The zero-order valence-electron chi connectivity index (χ0n) is 14.9. The second kappa shape index (κ2) is 7.40. The maximum absolute atomic E-state index is 12.9. The Labute approximate surface area is 161 Å². The van der Waals surface area contributed by atoms with E-state index in [0.29, 0.717) is 17.9 Å². The SMILES string of the molecule is O=C(c1ccccc1)c1cn(Cc2ccccc2)c(-c2ccco2)c(O)c1=O. The normalized spacial score (nSPS) is 10.7. The van der Waals surface area contributed by atoms with Gasteiger partial charge in [-0.25, -0.2) is 0 Å². The first kappa shape index (κ1) is 17.5. The lowest BCUT2D eigenvalue weighted by Crippen LogP contribution is -2.20. The molecule has 0 saturated carbocycles. The van der Waals surface area contributed by atoms with Gasteiger partial charge in [-0.05, 0) is 17.7 Å². The monoisotopic (exact) mass is 371 g/mol. The van der Waals surface area contributed by atoms with Crippen LogP contribution in [-0.4, -0.2) is 15.5 Å². The highest BCUT2D eigenvalue weighted by Gasteiger charge is 2.23. The van der Waals surface area contributed by atoms with Crippen molar-refractivity contribution < 1.29 is 14.3 Å². The molecule has 2 aromatic heterocycles. The molecule has 4 aromatic rings. The molecule has 5 nitrogen and oxygen atoms in total. The molecule has 0 fully saturated rings. The number of carbonyl (C=O) groups excluding carboxylic acids is 1. The van der Waals surface area contributed by atoms with Crippen LogP contribution < -0.4 is 5.43 Å². The minimum Gasteiger partial charge on any atom is -0.503 e. The van der Waals surface area contributed by atoms with Crippen molar-refractivity contribution in [3.05, 3.63) is 112 Å². The summed E-state index contributed by atoms with van der Waals surface area (Å²) in [5.41, 5.74) is 0.774. The third-order valence-corrected chi connectivity index (χ3v) is 4.49. The molecular weight excluding hydrogens is 354 g/mol. The summed E-state index contributed by atoms with van der Waals surface area (Å²) in [7, 11) is 0. The van der Waals surface area contributed by atoms with Gasteiger partial charge < -0.3 is 14.1 Å². The van der Waals surface area contributed by atoms with Crippen LogP contribution in [-0.2, 0) is 6.54 Å². The summed E-state index contributed by atoms with van der Waals surface area (Å²) < 4.78 is 7.08. The minimum absolute atomic E-state index is 0.0880. The molecule has 0 saturated heterocycles. The molecule has 0 aliphatic rings. The van der Waals surface area contributed by atoms with Crippen LogP contribution in [0, 0.1) is 0 Å². The Morgan fingerprint density at radius 2 is 1.61 bits per heavy atom. The van der Waals surface area contributed by atoms with E-state index < -0.39 is 17.0 Å². The van der Waals surface area contributed by atoms with Crippen molar-refractivity contribution in [2.45, 2.75) is 6.54 Å². The maximum atomic E-state index is 12.9. The van der Waals surface area contributed by atoms with Gasteiger partial charge in [-0.1, -0.05) is 60.7 Å². The molecule has 5 heteroatoms. The number of hydrogen-bond donors (Lipinski definition) is 1. The summed E-state index contributed by atoms with van der Waals surface area (Å²) in [5, 5.41) is 10.7. The van der Waals surface area contributed by atoms with Crippen LogP contribution in [0.4, 0.5) is 0 Å². The summed E-state index contributed by atoms with van der Waals surface area (Å²) in [6, 6.07) is 21.4. The molecule has 1 N–H and O–H groups in total. The maximum Gasteiger partial charge on any atom is 0.235 e. The first-order valence-corrected chi connectivity index (χ1v) is 8.79. The van der Waals surface area contributed by atoms with Crippen molar-refractivity contribution in [3.8, 4) is 17.2 Å². The quantitative estimate of drug-likeness (QED) is 0.536. The number of ketones is 1. The van der Waals surface area contributed by atoms with E-state index in [1.807, 2.05) is 30.3 Å². The van der Waals surface area contributed by atoms with E-state index >= 15 is 0 Å². The molecule has 2 aromatic carbocycles. The topological polar surface area (TPSA) is 72.4 Å². The number of carbonyl (C=O) groups is 1. The summed E-state index contributed by atoms with van der Waals surface area (Å²) in [5.74, 6) is -0.592. The second-order valence-electron chi connectivity index (χ2n) is 6.36. The van der Waals surface area contributed by atoms with Gasteiger partial charge in [0.2, 0.25) is 5.43 Å². The van der Waals surface area contributed by atoms with Gasteiger partial charge in [0.15, 0.2) is 17.3 Å². The van der Waals surface area contributed by atoms with E-state index in [1.165, 1.54) is 12.5 Å². The highest BCUT2D eigenvalue weighted by molar-refractivity contribution is 6.09. The number of aromatic hydroxyl groups is 1. The first-order chi connectivity index (χ1) is 13.6. The Kier molecular flexibility index (Phi) is 4.64. The number of pyridine rings is 1. The van der Waals surface area contributed by atoms with E-state index in [-0.39, 0.29) is 11.3 Å². The Balaban J connectivity index is 1.90. The number of benzene rings is 2. The second-order valence-corrected chi connectivity index (χ2v) is 6.36. The van der Waals surface area contributed by atoms with Crippen LogP contribution in [0.25, 0.3) is 11.5 Å². The highest BCUT2D eigenvalue weighted by atomic mass is 16.3. The molecule has 0 radical (unpaired) electrons. The average Bonchev–Trinajstić information content (AvgIpc) is 3.26. The fourth-order valence-corrected chi connectivity index (χ4v) is 3.13. The molecule has 138 valence electrons. The summed E-state index contributed by atoms with van der Waals surface area (Å²) in [6.45, 7) is 0.361. The Morgan fingerprint density at radius 3 is 2.25 bits per heavy atom. The number of hydrogen-bond acceptors (Lipinski definition) is 4. The molecule has 0 aliphatic carbocycles. The van der Waals surface area contributed by atoms with E-state index in [1.54, 1.807) is 47.0 Å².